The highest BCUT2D eigenvalue weighted by Gasteiger charge is 2.31. The van der Waals surface area contributed by atoms with Gasteiger partial charge >= 0.3 is 0 Å². The topological polar surface area (TPSA) is 20.3 Å². The van der Waals surface area contributed by atoms with E-state index in [9.17, 15) is 4.79 Å². The molecular formula is C16H16BrNO. The number of likely N-dealkylation sites (tertiary alicyclic amines) is 1. The molecule has 1 heterocycles. The molecule has 1 amide bonds. The second kappa shape index (κ2) is 4.97. The lowest BCUT2D eigenvalue weighted by Gasteiger charge is -2.25. The fourth-order valence-corrected chi connectivity index (χ4v) is 3.30. The number of benzene rings is 2. The van der Waals surface area contributed by atoms with Crippen LogP contribution >= 0.6 is 15.9 Å². The third-order valence-electron chi connectivity index (χ3n) is 3.83. The summed E-state index contributed by atoms with van der Waals surface area (Å²) in [5.41, 5.74) is 1.20. The van der Waals surface area contributed by atoms with Gasteiger partial charge in [0.1, 0.15) is 0 Å². The number of carbonyl (C=O) groups is 1. The van der Waals surface area contributed by atoms with Crippen molar-refractivity contribution in [3.8, 4) is 0 Å². The van der Waals surface area contributed by atoms with Gasteiger partial charge < -0.3 is 4.90 Å². The maximum atomic E-state index is 12.0. The fourth-order valence-electron chi connectivity index (χ4n) is 2.71. The maximum Gasteiger partial charge on any atom is 0.224 e. The molecule has 0 N–H and O–H groups in total. The molecule has 0 aromatic heterocycles. The van der Waals surface area contributed by atoms with E-state index in [2.05, 4.69) is 53.2 Å². The summed E-state index contributed by atoms with van der Waals surface area (Å²) in [4.78, 5) is 14.2. The van der Waals surface area contributed by atoms with Crippen molar-refractivity contribution in [1.29, 1.82) is 0 Å². The molecule has 19 heavy (non-hydrogen) atoms. The zero-order chi connectivity index (χ0) is 13.4. The predicted octanol–water partition coefficient (Wildman–Crippen LogP) is 3.90. The van der Waals surface area contributed by atoms with Crippen molar-refractivity contribution in [2.24, 2.45) is 0 Å². The molecule has 0 saturated carbocycles. The molecule has 2 aromatic carbocycles. The lowest BCUT2D eigenvalue weighted by molar-refractivity contribution is -0.129. The first-order valence-electron chi connectivity index (χ1n) is 6.57. The molecule has 0 spiro atoms. The molecule has 98 valence electrons. The highest BCUT2D eigenvalue weighted by Crippen LogP contribution is 2.30. The molecule has 2 atom stereocenters. The minimum Gasteiger partial charge on any atom is -0.335 e. The van der Waals surface area contributed by atoms with Crippen LogP contribution in [-0.2, 0) is 4.79 Å². The second-order valence-electron chi connectivity index (χ2n) is 5.13. The van der Waals surface area contributed by atoms with Gasteiger partial charge in [0.15, 0.2) is 0 Å². The highest BCUT2D eigenvalue weighted by atomic mass is 79.9. The van der Waals surface area contributed by atoms with Gasteiger partial charge in [0.05, 0.1) is 6.04 Å². The van der Waals surface area contributed by atoms with Crippen molar-refractivity contribution in [1.82, 2.24) is 4.90 Å². The second-order valence-corrected chi connectivity index (χ2v) is 6.43. The Morgan fingerprint density at radius 2 is 1.95 bits per heavy atom. The summed E-state index contributed by atoms with van der Waals surface area (Å²) in [5, 5.41) is 2.47. The monoisotopic (exact) mass is 317 g/mol. The number of carbonyl (C=O) groups excluding carboxylic acids is 1. The van der Waals surface area contributed by atoms with E-state index in [1.807, 2.05) is 17.0 Å². The Bertz CT molecular complexity index is 625. The Balaban J connectivity index is 1.93. The normalized spacial score (nSPS) is 21.1. The average molecular weight is 318 g/mol. The molecule has 1 aliphatic heterocycles. The maximum absolute atomic E-state index is 12.0. The smallest absolute Gasteiger partial charge is 0.224 e. The molecule has 1 saturated heterocycles. The lowest BCUT2D eigenvalue weighted by Crippen LogP contribution is -2.28. The summed E-state index contributed by atoms with van der Waals surface area (Å²) in [5.74, 6) is 0.238. The Morgan fingerprint density at radius 1 is 1.21 bits per heavy atom. The van der Waals surface area contributed by atoms with Gasteiger partial charge in [-0.25, -0.2) is 0 Å². The molecule has 3 rings (SSSR count). The Morgan fingerprint density at radius 3 is 2.63 bits per heavy atom. The number of nitrogens with zero attached hydrogens (tertiary/aromatic N) is 1. The quantitative estimate of drug-likeness (QED) is 0.769. The molecule has 2 aromatic rings. The molecule has 1 aliphatic rings. The summed E-state index contributed by atoms with van der Waals surface area (Å²) in [7, 11) is 0. The van der Waals surface area contributed by atoms with E-state index >= 15 is 0 Å². The molecule has 0 radical (unpaired) electrons. The first-order chi connectivity index (χ1) is 9.15. The van der Waals surface area contributed by atoms with Crippen molar-refractivity contribution >= 4 is 32.6 Å². The first kappa shape index (κ1) is 12.7. The van der Waals surface area contributed by atoms with Gasteiger partial charge in [-0.1, -0.05) is 52.3 Å². The van der Waals surface area contributed by atoms with Gasteiger partial charge in [-0.3, -0.25) is 4.79 Å². The van der Waals surface area contributed by atoms with E-state index in [1.54, 1.807) is 0 Å². The van der Waals surface area contributed by atoms with E-state index in [4.69, 9.17) is 0 Å². The zero-order valence-electron chi connectivity index (χ0n) is 10.8. The molecule has 2 nitrogen and oxygen atoms in total. The molecule has 1 unspecified atom stereocenters. The van der Waals surface area contributed by atoms with E-state index in [-0.39, 0.29) is 11.9 Å². The lowest BCUT2D eigenvalue weighted by atomic mass is 10.0. The van der Waals surface area contributed by atoms with E-state index < -0.39 is 0 Å². The molecule has 1 fully saturated rings. The summed E-state index contributed by atoms with van der Waals surface area (Å²) >= 11 is 3.54. The van der Waals surface area contributed by atoms with Gasteiger partial charge in [0.2, 0.25) is 5.91 Å². The van der Waals surface area contributed by atoms with Crippen molar-refractivity contribution in [2.75, 3.05) is 6.54 Å². The van der Waals surface area contributed by atoms with Gasteiger partial charge in [-0.15, -0.1) is 0 Å². The van der Waals surface area contributed by atoms with E-state index in [0.29, 0.717) is 11.2 Å². The third kappa shape index (κ3) is 2.39. The van der Waals surface area contributed by atoms with Gasteiger partial charge in [-0.2, -0.15) is 0 Å². The fraction of sp³-hybridized carbons (Fsp3) is 0.312. The van der Waals surface area contributed by atoms with Crippen LogP contribution < -0.4 is 0 Å². The number of halogens is 1. The van der Waals surface area contributed by atoms with Crippen molar-refractivity contribution in [3.05, 3.63) is 48.0 Å². The average Bonchev–Trinajstić information content (AvgIpc) is 2.76. The van der Waals surface area contributed by atoms with Gasteiger partial charge in [0, 0.05) is 17.8 Å². The summed E-state index contributed by atoms with van der Waals surface area (Å²) in [6.07, 6.45) is 0.609. The van der Waals surface area contributed by atoms with Crippen LogP contribution in [0.3, 0.4) is 0 Å². The van der Waals surface area contributed by atoms with E-state index in [1.165, 1.54) is 16.3 Å². The molecule has 3 heteroatoms. The van der Waals surface area contributed by atoms with Crippen molar-refractivity contribution in [3.63, 3.8) is 0 Å². The van der Waals surface area contributed by atoms with Crippen LogP contribution in [0, 0.1) is 0 Å². The largest absolute Gasteiger partial charge is 0.335 e. The number of hydrogen-bond acceptors (Lipinski definition) is 1. The zero-order valence-corrected chi connectivity index (χ0v) is 12.4. The SMILES string of the molecule is C[C@@H](c1ccc2ccccc2c1)N1CC(Br)CC1=O. The van der Waals surface area contributed by atoms with Crippen LogP contribution in [0.5, 0.6) is 0 Å². The highest BCUT2D eigenvalue weighted by molar-refractivity contribution is 9.09. The third-order valence-corrected chi connectivity index (χ3v) is 4.45. The Labute approximate surface area is 121 Å². The van der Waals surface area contributed by atoms with Crippen LogP contribution in [0.15, 0.2) is 42.5 Å². The summed E-state index contributed by atoms with van der Waals surface area (Å²) in [6, 6.07) is 14.9. The molecule has 0 aliphatic carbocycles. The Kier molecular flexibility index (Phi) is 3.31. The van der Waals surface area contributed by atoms with Crippen LogP contribution in [-0.4, -0.2) is 22.2 Å². The summed E-state index contributed by atoms with van der Waals surface area (Å²) < 4.78 is 0. The molecule has 0 bridgehead atoms. The van der Waals surface area contributed by atoms with Crippen LogP contribution in [0.2, 0.25) is 0 Å². The standard InChI is InChI=1S/C16H16BrNO/c1-11(18-10-15(17)9-16(18)19)13-7-6-12-4-2-3-5-14(12)8-13/h2-8,11,15H,9-10H2,1H3/t11-,15?/m0/s1. The predicted molar refractivity (Wildman–Crippen MR) is 81.4 cm³/mol. The minimum atomic E-state index is 0.139. The van der Waals surface area contributed by atoms with Crippen LogP contribution in [0.4, 0.5) is 0 Å². The number of amides is 1. The van der Waals surface area contributed by atoms with Gasteiger partial charge in [-0.05, 0) is 29.3 Å². The molecular weight excluding hydrogens is 302 g/mol. The van der Waals surface area contributed by atoms with Gasteiger partial charge in [0.25, 0.3) is 0 Å². The summed E-state index contributed by atoms with van der Waals surface area (Å²) in [6.45, 7) is 2.90. The number of hydrogen-bond donors (Lipinski definition) is 0. The Hall–Kier alpha value is -1.35. The number of fused-ring (bicyclic) bond motifs is 1. The van der Waals surface area contributed by atoms with Crippen LogP contribution in [0.1, 0.15) is 24.9 Å². The first-order valence-corrected chi connectivity index (χ1v) is 7.49. The number of alkyl halides is 1. The van der Waals surface area contributed by atoms with Crippen LogP contribution in [0.25, 0.3) is 10.8 Å². The van der Waals surface area contributed by atoms with Crippen molar-refractivity contribution < 1.29 is 4.79 Å². The van der Waals surface area contributed by atoms with Crippen molar-refractivity contribution in [2.45, 2.75) is 24.2 Å². The minimum absolute atomic E-state index is 0.139. The van der Waals surface area contributed by atoms with E-state index in [0.717, 1.165) is 6.54 Å². The number of rotatable bonds is 2.